The van der Waals surface area contributed by atoms with E-state index in [0.717, 1.165) is 94.6 Å². The van der Waals surface area contributed by atoms with Crippen LogP contribution in [-0.4, -0.2) is 57.1 Å². The topological polar surface area (TPSA) is 127 Å². The number of carbonyl (C=O) groups excluding carboxylic acids is 3. The van der Waals surface area contributed by atoms with E-state index in [1.165, 1.54) is 26.7 Å². The zero-order valence-corrected chi connectivity index (χ0v) is 29.5. The van der Waals surface area contributed by atoms with E-state index in [1.807, 2.05) is 6.07 Å². The Bertz CT molecular complexity index is 1330. The molecule has 49 heavy (non-hydrogen) atoms. The van der Waals surface area contributed by atoms with Crippen LogP contribution in [0.25, 0.3) is 6.08 Å². The Morgan fingerprint density at radius 1 is 0.735 bits per heavy atom. The van der Waals surface area contributed by atoms with Crippen LogP contribution in [0.2, 0.25) is 0 Å². The minimum absolute atomic E-state index is 0.0659. The molecule has 0 unspecified atom stereocenters. The number of hydrogen-bond donors (Lipinski definition) is 1. The van der Waals surface area contributed by atoms with E-state index in [2.05, 4.69) is 11.3 Å². The fourth-order valence-corrected chi connectivity index (χ4v) is 4.91. The van der Waals surface area contributed by atoms with Crippen LogP contribution < -0.4 is 9.62 Å². The molecule has 2 rings (SSSR count). The molecule has 1 N–H and O–H groups in total. The van der Waals surface area contributed by atoms with Crippen LogP contribution in [-0.2, 0) is 35.1 Å². The van der Waals surface area contributed by atoms with Gasteiger partial charge in [-0.3, -0.25) is 0 Å². The van der Waals surface area contributed by atoms with Gasteiger partial charge < -0.3 is 28.9 Å². The van der Waals surface area contributed by atoms with Gasteiger partial charge >= 0.3 is 17.9 Å². The summed E-state index contributed by atoms with van der Waals surface area (Å²) >= 11 is 0. The monoisotopic (exact) mass is 682 g/mol. The minimum atomic E-state index is -0.491. The van der Waals surface area contributed by atoms with Gasteiger partial charge in [0.1, 0.15) is 11.3 Å². The highest BCUT2D eigenvalue weighted by Crippen LogP contribution is 2.29. The maximum atomic E-state index is 12.6. The quantitative estimate of drug-likeness (QED) is 0.0258. The van der Waals surface area contributed by atoms with E-state index in [4.69, 9.17) is 24.0 Å². The summed E-state index contributed by atoms with van der Waals surface area (Å²) in [5, 5.41) is 10.2. The van der Waals surface area contributed by atoms with E-state index in [-0.39, 0.29) is 17.3 Å². The fraction of sp³-hybridized carbons (Fsp3) is 0.513. The van der Waals surface area contributed by atoms with E-state index in [9.17, 15) is 19.5 Å². The van der Waals surface area contributed by atoms with Crippen molar-refractivity contribution in [2.24, 2.45) is 0 Å². The molecule has 0 saturated carbocycles. The van der Waals surface area contributed by atoms with Crippen LogP contribution in [0.1, 0.15) is 112 Å². The second-order valence-electron chi connectivity index (χ2n) is 11.9. The van der Waals surface area contributed by atoms with Crippen molar-refractivity contribution in [1.29, 1.82) is 0 Å². The predicted molar refractivity (Wildman–Crippen MR) is 189 cm³/mol. The van der Waals surface area contributed by atoms with Gasteiger partial charge in [0.15, 0.2) is 5.75 Å². The number of phenols is 1. The number of esters is 3. The molecular formula is C39H54O10. The molecule has 0 fully saturated rings. The third-order valence-corrected chi connectivity index (χ3v) is 7.78. The molecule has 0 heterocycles. The van der Waals surface area contributed by atoms with E-state index >= 15 is 0 Å². The average Bonchev–Trinajstić information content (AvgIpc) is 3.10. The van der Waals surface area contributed by atoms with Gasteiger partial charge in [-0.15, -0.1) is 0 Å². The molecule has 0 spiro atoms. The zero-order valence-electron chi connectivity index (χ0n) is 29.5. The molecule has 10 heteroatoms. The van der Waals surface area contributed by atoms with E-state index in [0.29, 0.717) is 36.9 Å². The maximum Gasteiger partial charge on any atom is 0.341 e. The van der Waals surface area contributed by atoms with Gasteiger partial charge in [-0.25, -0.2) is 14.4 Å². The third-order valence-electron chi connectivity index (χ3n) is 7.78. The van der Waals surface area contributed by atoms with Crippen LogP contribution in [0.15, 0.2) is 54.6 Å². The lowest BCUT2D eigenvalue weighted by atomic mass is 10.0. The SMILES string of the molecule is C=C(C)C(=O)OCCCCCCCCCCCOC(=O)c1cc(CCCCCCOOc2ccc(/C=C/C(=O)OC)cc2OC)ccc1O. The lowest BCUT2D eigenvalue weighted by molar-refractivity contribution is -0.208. The Balaban J connectivity index is 1.53. The fourth-order valence-electron chi connectivity index (χ4n) is 4.91. The number of phenolic OH excluding ortho intramolecular Hbond substituents is 1. The number of methoxy groups -OCH3 is 2. The summed E-state index contributed by atoms with van der Waals surface area (Å²) in [6, 6.07) is 10.3. The number of ether oxygens (including phenoxy) is 4. The standard InChI is InChI=1S/C39H54O10/c1-30(2)38(42)46-25-15-11-8-6-5-7-9-12-16-26-47-39(43)33-28-31(19-22-34(33)40)18-14-10-13-17-27-48-49-35-23-20-32(29-36(35)44-3)21-24-37(41)45-4/h19-24,28-29,40H,1,5-18,25-27H2,2-4H3/b24-21+. The van der Waals surface area contributed by atoms with Crippen molar-refractivity contribution < 1.29 is 48.2 Å². The number of aryl methyl sites for hydroxylation is 1. The van der Waals surface area contributed by atoms with Crippen molar-refractivity contribution >= 4 is 24.0 Å². The summed E-state index contributed by atoms with van der Waals surface area (Å²) in [5.74, 6) is -0.393. The Labute approximate surface area is 291 Å². The van der Waals surface area contributed by atoms with Gasteiger partial charge in [0.2, 0.25) is 5.75 Å². The van der Waals surface area contributed by atoms with E-state index < -0.39 is 11.9 Å². The molecule has 270 valence electrons. The number of hydrogen-bond acceptors (Lipinski definition) is 10. The van der Waals surface area contributed by atoms with Crippen molar-refractivity contribution in [1.82, 2.24) is 0 Å². The molecule has 0 amide bonds. The molecule has 0 radical (unpaired) electrons. The molecular weight excluding hydrogens is 628 g/mol. The van der Waals surface area contributed by atoms with Gasteiger partial charge in [-0.2, -0.15) is 4.89 Å². The lowest BCUT2D eigenvalue weighted by Gasteiger charge is -2.10. The van der Waals surface area contributed by atoms with Gasteiger partial charge in [-0.05, 0) is 80.5 Å². The molecule has 0 atom stereocenters. The first kappa shape index (κ1) is 40.9. The molecule has 2 aromatic rings. The van der Waals surface area contributed by atoms with E-state index in [1.54, 1.807) is 43.3 Å². The van der Waals surface area contributed by atoms with Crippen molar-refractivity contribution in [2.75, 3.05) is 34.0 Å². The number of benzene rings is 2. The molecule has 0 aliphatic carbocycles. The van der Waals surface area contributed by atoms with Gasteiger partial charge in [0, 0.05) is 11.6 Å². The summed E-state index contributed by atoms with van der Waals surface area (Å²) in [7, 11) is 2.85. The van der Waals surface area contributed by atoms with Gasteiger partial charge in [0.05, 0.1) is 34.0 Å². The molecule has 0 aliphatic rings. The second kappa shape index (κ2) is 24.8. The smallest absolute Gasteiger partial charge is 0.341 e. The molecule has 0 bridgehead atoms. The van der Waals surface area contributed by atoms with Crippen molar-refractivity contribution in [3.05, 3.63) is 71.3 Å². The summed E-state index contributed by atoms with van der Waals surface area (Å²) in [6.45, 7) is 6.43. The van der Waals surface area contributed by atoms with Gasteiger partial charge in [0.25, 0.3) is 0 Å². The molecule has 0 aromatic heterocycles. The highest BCUT2D eigenvalue weighted by Gasteiger charge is 2.14. The Morgan fingerprint density at radius 3 is 1.98 bits per heavy atom. The molecule has 0 aliphatic heterocycles. The highest BCUT2D eigenvalue weighted by molar-refractivity contribution is 5.92. The number of aromatic hydroxyl groups is 1. The van der Waals surface area contributed by atoms with Crippen molar-refractivity contribution in [3.63, 3.8) is 0 Å². The van der Waals surface area contributed by atoms with Crippen LogP contribution in [0, 0.1) is 0 Å². The predicted octanol–water partition coefficient (Wildman–Crippen LogP) is 8.49. The summed E-state index contributed by atoms with van der Waals surface area (Å²) in [4.78, 5) is 46.0. The van der Waals surface area contributed by atoms with Crippen LogP contribution in [0.4, 0.5) is 0 Å². The van der Waals surface area contributed by atoms with Crippen LogP contribution in [0.3, 0.4) is 0 Å². The maximum absolute atomic E-state index is 12.6. The summed E-state index contributed by atoms with van der Waals surface area (Å²) < 4.78 is 20.5. The first-order valence-electron chi connectivity index (χ1n) is 17.3. The molecule has 0 saturated heterocycles. The van der Waals surface area contributed by atoms with Crippen molar-refractivity contribution in [2.45, 2.75) is 96.8 Å². The van der Waals surface area contributed by atoms with Gasteiger partial charge in [-0.1, -0.05) is 76.5 Å². The Hall–Kier alpha value is -4.31. The summed E-state index contributed by atoms with van der Waals surface area (Å²) in [5.41, 5.74) is 2.38. The number of unbranched alkanes of at least 4 members (excludes halogenated alkanes) is 11. The highest BCUT2D eigenvalue weighted by atomic mass is 17.2. The molecule has 2 aromatic carbocycles. The summed E-state index contributed by atoms with van der Waals surface area (Å²) in [6.07, 6.45) is 16.8. The lowest BCUT2D eigenvalue weighted by Crippen LogP contribution is -2.07. The number of carbonyl (C=O) groups is 3. The molecule has 10 nitrogen and oxygen atoms in total. The first-order chi connectivity index (χ1) is 23.7. The Kier molecular flexibility index (Phi) is 20.7. The largest absolute Gasteiger partial charge is 0.507 e. The van der Waals surface area contributed by atoms with Crippen molar-refractivity contribution in [3.8, 4) is 17.2 Å². The Morgan fingerprint density at radius 2 is 1.35 bits per heavy atom. The normalized spacial score (nSPS) is 10.9. The van der Waals surface area contributed by atoms with Crippen LogP contribution >= 0.6 is 0 Å². The van der Waals surface area contributed by atoms with Crippen LogP contribution in [0.5, 0.6) is 17.2 Å². The minimum Gasteiger partial charge on any atom is -0.507 e. The zero-order chi connectivity index (χ0) is 35.7. The second-order valence-corrected chi connectivity index (χ2v) is 11.9. The third kappa shape index (κ3) is 17.6. The average molecular weight is 683 g/mol. The first-order valence-corrected chi connectivity index (χ1v) is 17.3. The number of rotatable bonds is 26.